The van der Waals surface area contributed by atoms with Gasteiger partial charge in [0.15, 0.2) is 0 Å². The van der Waals surface area contributed by atoms with E-state index in [2.05, 4.69) is 41.7 Å². The Kier molecular flexibility index (Phi) is 7.05. The number of hydrogen-bond donors (Lipinski definition) is 2. The number of aliphatic carboxylic acids is 1. The number of nitrogens with one attached hydrogen (secondary N) is 1. The fraction of sp³-hybridized carbons (Fsp3) is 0.348. The maximum Gasteiger partial charge on any atom is 0.306 e. The Labute approximate surface area is 160 Å². The zero-order valence-electron chi connectivity index (χ0n) is 15.5. The van der Waals surface area contributed by atoms with E-state index < -0.39 is 5.97 Å². The molecule has 0 saturated heterocycles. The fourth-order valence-electron chi connectivity index (χ4n) is 3.39. The van der Waals surface area contributed by atoms with Gasteiger partial charge in [0.2, 0.25) is 0 Å². The van der Waals surface area contributed by atoms with Crippen molar-refractivity contribution in [1.82, 2.24) is 5.32 Å². The molecule has 2 N–H and O–H groups in total. The lowest BCUT2D eigenvalue weighted by atomic mass is 9.86. The molecule has 2 aromatic carbocycles. The van der Waals surface area contributed by atoms with Crippen molar-refractivity contribution in [1.29, 1.82) is 0 Å². The van der Waals surface area contributed by atoms with Crippen LogP contribution in [0.15, 0.2) is 60.7 Å². The maximum atomic E-state index is 11.0. The Morgan fingerprint density at radius 2 is 1.74 bits per heavy atom. The molecule has 0 heterocycles. The summed E-state index contributed by atoms with van der Waals surface area (Å²) in [6.07, 6.45) is 7.65. The summed E-state index contributed by atoms with van der Waals surface area (Å²) in [5, 5.41) is 12.5. The Balaban J connectivity index is 1.37. The van der Waals surface area contributed by atoms with Crippen LogP contribution in [0.5, 0.6) is 5.75 Å². The van der Waals surface area contributed by atoms with Gasteiger partial charge >= 0.3 is 5.97 Å². The smallest absolute Gasteiger partial charge is 0.306 e. The number of carbonyl (C=O) groups is 1. The van der Waals surface area contributed by atoms with Gasteiger partial charge in [-0.2, -0.15) is 0 Å². The summed E-state index contributed by atoms with van der Waals surface area (Å²) in [5.74, 6) is 0.0649. The Morgan fingerprint density at radius 3 is 2.41 bits per heavy atom. The van der Waals surface area contributed by atoms with Crippen molar-refractivity contribution in [2.75, 3.05) is 6.54 Å². The highest BCUT2D eigenvalue weighted by atomic mass is 16.5. The van der Waals surface area contributed by atoms with E-state index in [1.807, 2.05) is 30.3 Å². The molecule has 142 valence electrons. The third kappa shape index (κ3) is 6.26. The molecule has 3 rings (SSSR count). The average Bonchev–Trinajstić information content (AvgIpc) is 2.71. The molecule has 0 aromatic heterocycles. The van der Waals surface area contributed by atoms with Crippen molar-refractivity contribution in [2.24, 2.45) is 5.92 Å². The second-order valence-electron chi connectivity index (χ2n) is 7.04. The lowest BCUT2D eigenvalue weighted by Gasteiger charge is -2.26. The molecule has 1 fully saturated rings. The molecule has 0 spiro atoms. The van der Waals surface area contributed by atoms with Crippen molar-refractivity contribution >= 4 is 12.0 Å². The second-order valence-corrected chi connectivity index (χ2v) is 7.04. The number of benzene rings is 2. The van der Waals surface area contributed by atoms with Gasteiger partial charge in [-0.3, -0.25) is 4.79 Å². The van der Waals surface area contributed by atoms with Crippen molar-refractivity contribution in [3.05, 3.63) is 71.8 Å². The molecule has 27 heavy (non-hydrogen) atoms. The summed E-state index contributed by atoms with van der Waals surface area (Å²) >= 11 is 0. The molecule has 2 aromatic rings. The Bertz CT molecular complexity index is 732. The summed E-state index contributed by atoms with van der Waals surface area (Å²) in [7, 11) is 0. The minimum absolute atomic E-state index is 0.152. The molecular weight excluding hydrogens is 338 g/mol. The van der Waals surface area contributed by atoms with E-state index >= 15 is 0 Å². The molecule has 1 aliphatic carbocycles. The highest BCUT2D eigenvalue weighted by molar-refractivity contribution is 5.70. The van der Waals surface area contributed by atoms with Crippen molar-refractivity contribution in [3.63, 3.8) is 0 Å². The molecule has 1 aliphatic rings. The van der Waals surface area contributed by atoms with Crippen LogP contribution in [-0.4, -0.2) is 23.7 Å². The quantitative estimate of drug-likeness (QED) is 0.722. The molecule has 0 atom stereocenters. The van der Waals surface area contributed by atoms with Gasteiger partial charge in [-0.1, -0.05) is 54.6 Å². The highest BCUT2D eigenvalue weighted by Crippen LogP contribution is 2.24. The molecule has 0 radical (unpaired) electrons. The van der Waals surface area contributed by atoms with E-state index in [9.17, 15) is 4.79 Å². The van der Waals surface area contributed by atoms with Crippen molar-refractivity contribution < 1.29 is 14.6 Å². The monoisotopic (exact) mass is 365 g/mol. The summed E-state index contributed by atoms with van der Waals surface area (Å²) in [4.78, 5) is 11.0. The lowest BCUT2D eigenvalue weighted by molar-refractivity contribution is -0.142. The SMILES string of the molecule is O=C(O)C1CCC(NC/C=C/c2ccc(OCc3ccccc3)cc2)CC1. The van der Waals surface area contributed by atoms with E-state index in [1.54, 1.807) is 0 Å². The van der Waals surface area contributed by atoms with Crippen molar-refractivity contribution in [2.45, 2.75) is 38.3 Å². The van der Waals surface area contributed by atoms with Gasteiger partial charge in [0.25, 0.3) is 0 Å². The third-order valence-electron chi connectivity index (χ3n) is 5.04. The highest BCUT2D eigenvalue weighted by Gasteiger charge is 2.25. The van der Waals surface area contributed by atoms with E-state index in [4.69, 9.17) is 9.84 Å². The Morgan fingerprint density at radius 1 is 1.04 bits per heavy atom. The first-order chi connectivity index (χ1) is 13.2. The first-order valence-corrected chi connectivity index (χ1v) is 9.60. The normalized spacial score (nSPS) is 19.9. The number of hydrogen-bond acceptors (Lipinski definition) is 3. The van der Waals surface area contributed by atoms with Crippen molar-refractivity contribution in [3.8, 4) is 5.75 Å². The van der Waals surface area contributed by atoms with E-state index in [0.717, 1.165) is 49.1 Å². The van der Waals surface area contributed by atoms with E-state index in [1.165, 1.54) is 0 Å². The van der Waals surface area contributed by atoms with Crippen LogP contribution in [-0.2, 0) is 11.4 Å². The number of ether oxygens (including phenoxy) is 1. The fourth-order valence-corrected chi connectivity index (χ4v) is 3.39. The topological polar surface area (TPSA) is 58.6 Å². The largest absolute Gasteiger partial charge is 0.489 e. The summed E-state index contributed by atoms with van der Waals surface area (Å²) in [6, 6.07) is 18.6. The minimum Gasteiger partial charge on any atom is -0.489 e. The van der Waals surface area contributed by atoms with Gasteiger partial charge in [-0.15, -0.1) is 0 Å². The third-order valence-corrected chi connectivity index (χ3v) is 5.04. The van der Waals surface area contributed by atoms with Crippen LogP contribution >= 0.6 is 0 Å². The molecule has 0 amide bonds. The zero-order valence-corrected chi connectivity index (χ0v) is 15.5. The van der Waals surface area contributed by atoms with Gasteiger partial charge in [0, 0.05) is 12.6 Å². The van der Waals surface area contributed by atoms with E-state index in [0.29, 0.717) is 12.6 Å². The molecular formula is C23H27NO3. The summed E-state index contributed by atoms with van der Waals surface area (Å²) in [6.45, 7) is 1.37. The molecule has 0 unspecified atom stereocenters. The molecule has 4 nitrogen and oxygen atoms in total. The van der Waals surface area contributed by atoms with Crippen LogP contribution in [0.1, 0.15) is 36.8 Å². The predicted molar refractivity (Wildman–Crippen MR) is 108 cm³/mol. The first kappa shape index (κ1) is 19.2. The number of carboxylic acids is 1. The second kappa shape index (κ2) is 9.93. The molecule has 0 bridgehead atoms. The van der Waals surface area contributed by atoms with Crippen LogP contribution in [0.3, 0.4) is 0 Å². The minimum atomic E-state index is -0.649. The van der Waals surface area contributed by atoms with Crippen LogP contribution in [0.2, 0.25) is 0 Å². The Hall–Kier alpha value is -2.59. The van der Waals surface area contributed by atoms with Crippen LogP contribution in [0.25, 0.3) is 6.08 Å². The zero-order chi connectivity index (χ0) is 18.9. The van der Waals surface area contributed by atoms with Gasteiger partial charge in [-0.05, 0) is 48.9 Å². The average molecular weight is 365 g/mol. The number of carboxylic acid groups (broad SMARTS) is 1. The standard InChI is InChI=1S/C23H27NO3/c25-23(26)20-10-12-21(13-11-20)24-16-4-7-18-8-14-22(15-9-18)27-17-19-5-2-1-3-6-19/h1-9,14-15,20-21,24H,10-13,16-17H2,(H,25,26)/b7-4+. The summed E-state index contributed by atoms with van der Waals surface area (Å²) in [5.41, 5.74) is 2.29. The molecule has 1 saturated carbocycles. The van der Waals surface area contributed by atoms with Gasteiger partial charge in [0.1, 0.15) is 12.4 Å². The van der Waals surface area contributed by atoms with Gasteiger partial charge in [-0.25, -0.2) is 0 Å². The van der Waals surface area contributed by atoms with Gasteiger partial charge in [0.05, 0.1) is 5.92 Å². The first-order valence-electron chi connectivity index (χ1n) is 9.60. The van der Waals surface area contributed by atoms with Crippen LogP contribution in [0.4, 0.5) is 0 Å². The van der Waals surface area contributed by atoms with Crippen LogP contribution < -0.4 is 10.1 Å². The summed E-state index contributed by atoms with van der Waals surface area (Å²) < 4.78 is 5.80. The number of rotatable bonds is 8. The maximum absolute atomic E-state index is 11.0. The lowest BCUT2D eigenvalue weighted by Crippen LogP contribution is -2.34. The van der Waals surface area contributed by atoms with Gasteiger partial charge < -0.3 is 15.2 Å². The molecule has 4 heteroatoms. The van der Waals surface area contributed by atoms with Crippen LogP contribution in [0, 0.1) is 5.92 Å². The predicted octanol–water partition coefficient (Wildman–Crippen LogP) is 4.51. The molecule has 0 aliphatic heterocycles. The van der Waals surface area contributed by atoms with E-state index in [-0.39, 0.29) is 5.92 Å².